The molecular formula is C27H23N5O6. The molecule has 11 heteroatoms. The molecule has 192 valence electrons. The Kier molecular flexibility index (Phi) is 7.57. The van der Waals surface area contributed by atoms with Crippen LogP contribution in [0.25, 0.3) is 0 Å². The van der Waals surface area contributed by atoms with Crippen molar-refractivity contribution in [1.82, 2.24) is 10.7 Å². The maximum atomic E-state index is 12.9. The van der Waals surface area contributed by atoms with Crippen molar-refractivity contribution in [2.75, 3.05) is 17.3 Å². The summed E-state index contributed by atoms with van der Waals surface area (Å²) in [5, 5.41) is 8.59. The molecule has 1 atom stereocenters. The lowest BCUT2D eigenvalue weighted by atomic mass is 10.1. The van der Waals surface area contributed by atoms with E-state index in [4.69, 9.17) is 4.74 Å². The Hall–Kier alpha value is -5.32. The summed E-state index contributed by atoms with van der Waals surface area (Å²) in [6, 6.07) is 18.5. The summed E-state index contributed by atoms with van der Waals surface area (Å²) in [4.78, 5) is 63.1. The summed E-state index contributed by atoms with van der Waals surface area (Å²) in [5.41, 5.74) is 4.63. The first kappa shape index (κ1) is 25.8. The van der Waals surface area contributed by atoms with E-state index in [1.54, 1.807) is 42.5 Å². The van der Waals surface area contributed by atoms with Gasteiger partial charge in [0.15, 0.2) is 5.92 Å². The van der Waals surface area contributed by atoms with Gasteiger partial charge in [-0.25, -0.2) is 15.1 Å². The number of carbonyl (C=O) groups excluding carboxylic acids is 5. The summed E-state index contributed by atoms with van der Waals surface area (Å²) in [6.07, 6.45) is 0.950. The maximum absolute atomic E-state index is 12.9. The fourth-order valence-corrected chi connectivity index (χ4v) is 3.65. The molecule has 1 saturated heterocycles. The molecule has 1 heterocycles. The molecule has 38 heavy (non-hydrogen) atoms. The Morgan fingerprint density at radius 3 is 2.39 bits per heavy atom. The number of rotatable bonds is 7. The molecule has 0 saturated carbocycles. The standard InChI is InChI=1S/C27H23N5O6/c1-16-5-3-6-18(13-16)23(33)29-19-11-9-17(10-12-19)24(34)31-28-15-22-25(35)30-27(37)32(26(22)36)20-7-4-8-21(14-20)38-2/h3-15,22H,1-2H3,(H,29,33)(H,31,34)(H,30,35,37)/b28-15-/t22-/m0/s1. The van der Waals surface area contributed by atoms with Crippen molar-refractivity contribution < 1.29 is 28.7 Å². The number of imide groups is 2. The zero-order chi connectivity index (χ0) is 27.2. The lowest BCUT2D eigenvalue weighted by Crippen LogP contribution is -2.58. The minimum absolute atomic E-state index is 0.205. The number of aryl methyl sites for hydroxylation is 1. The van der Waals surface area contributed by atoms with Gasteiger partial charge in [-0.05, 0) is 55.5 Å². The van der Waals surface area contributed by atoms with E-state index in [1.807, 2.05) is 13.0 Å². The van der Waals surface area contributed by atoms with E-state index in [2.05, 4.69) is 21.2 Å². The van der Waals surface area contributed by atoms with Crippen LogP contribution in [0.1, 0.15) is 26.3 Å². The number of hydrogen-bond donors (Lipinski definition) is 3. The van der Waals surface area contributed by atoms with E-state index < -0.39 is 29.7 Å². The van der Waals surface area contributed by atoms with Crippen LogP contribution in [0.4, 0.5) is 16.2 Å². The molecule has 0 radical (unpaired) electrons. The first-order valence-electron chi connectivity index (χ1n) is 11.4. The highest BCUT2D eigenvalue weighted by molar-refractivity contribution is 6.32. The van der Waals surface area contributed by atoms with Gasteiger partial charge in [0.1, 0.15) is 5.75 Å². The number of ether oxygens (including phenoxy) is 1. The zero-order valence-corrected chi connectivity index (χ0v) is 20.4. The van der Waals surface area contributed by atoms with Crippen molar-refractivity contribution >= 4 is 47.2 Å². The molecule has 0 unspecified atom stereocenters. The molecule has 1 fully saturated rings. The second-order valence-electron chi connectivity index (χ2n) is 8.27. The lowest BCUT2D eigenvalue weighted by molar-refractivity contribution is -0.131. The highest BCUT2D eigenvalue weighted by atomic mass is 16.5. The zero-order valence-electron chi connectivity index (χ0n) is 20.4. The summed E-state index contributed by atoms with van der Waals surface area (Å²) in [6.45, 7) is 1.89. The number of amides is 6. The van der Waals surface area contributed by atoms with Crippen LogP contribution in [0.3, 0.4) is 0 Å². The third-order valence-electron chi connectivity index (χ3n) is 5.59. The van der Waals surface area contributed by atoms with E-state index in [0.29, 0.717) is 17.0 Å². The molecule has 3 N–H and O–H groups in total. The van der Waals surface area contributed by atoms with E-state index in [9.17, 15) is 24.0 Å². The number of carbonyl (C=O) groups is 5. The van der Waals surface area contributed by atoms with E-state index >= 15 is 0 Å². The van der Waals surface area contributed by atoms with Crippen molar-refractivity contribution in [3.8, 4) is 5.75 Å². The summed E-state index contributed by atoms with van der Waals surface area (Å²) in [5.74, 6) is -3.63. The van der Waals surface area contributed by atoms with E-state index in [0.717, 1.165) is 16.7 Å². The van der Waals surface area contributed by atoms with Crippen LogP contribution in [0, 0.1) is 12.8 Å². The third-order valence-corrected chi connectivity index (χ3v) is 5.59. The molecule has 0 aliphatic carbocycles. The van der Waals surface area contributed by atoms with Crippen molar-refractivity contribution in [3.05, 3.63) is 89.5 Å². The number of hydrogen-bond acceptors (Lipinski definition) is 7. The average molecular weight is 514 g/mol. The van der Waals surface area contributed by atoms with Crippen LogP contribution in [-0.4, -0.2) is 43.0 Å². The van der Waals surface area contributed by atoms with Crippen LogP contribution in [-0.2, 0) is 9.59 Å². The van der Waals surface area contributed by atoms with Crippen LogP contribution < -0.4 is 25.7 Å². The quantitative estimate of drug-likeness (QED) is 0.252. The summed E-state index contributed by atoms with van der Waals surface area (Å²) < 4.78 is 5.12. The molecule has 0 aromatic heterocycles. The van der Waals surface area contributed by atoms with Gasteiger partial charge in [0, 0.05) is 29.1 Å². The normalized spacial score (nSPS) is 15.3. The first-order valence-corrected chi connectivity index (χ1v) is 11.4. The minimum atomic E-state index is -1.45. The van der Waals surface area contributed by atoms with Gasteiger partial charge in [-0.1, -0.05) is 23.8 Å². The molecule has 4 rings (SSSR count). The Morgan fingerprint density at radius 1 is 0.947 bits per heavy atom. The van der Waals surface area contributed by atoms with Gasteiger partial charge in [0.2, 0.25) is 5.91 Å². The summed E-state index contributed by atoms with van der Waals surface area (Å²) >= 11 is 0. The second-order valence-corrected chi connectivity index (χ2v) is 8.27. The van der Waals surface area contributed by atoms with Gasteiger partial charge in [0.05, 0.1) is 12.8 Å². The van der Waals surface area contributed by atoms with Gasteiger partial charge in [-0.3, -0.25) is 24.5 Å². The van der Waals surface area contributed by atoms with Gasteiger partial charge in [-0.15, -0.1) is 0 Å². The SMILES string of the molecule is COc1cccc(N2C(=O)NC(=O)[C@H](/C=N\NC(=O)c3ccc(NC(=O)c4cccc(C)c4)cc3)C2=O)c1. The van der Waals surface area contributed by atoms with Gasteiger partial charge >= 0.3 is 6.03 Å². The fraction of sp³-hybridized carbons (Fsp3) is 0.111. The number of nitrogens with one attached hydrogen (secondary N) is 3. The molecular weight excluding hydrogens is 490 g/mol. The molecule has 1 aliphatic rings. The second kappa shape index (κ2) is 11.2. The van der Waals surface area contributed by atoms with Crippen LogP contribution >= 0.6 is 0 Å². The molecule has 6 amide bonds. The molecule has 1 aliphatic heterocycles. The Morgan fingerprint density at radius 2 is 1.68 bits per heavy atom. The molecule has 3 aromatic carbocycles. The van der Waals surface area contributed by atoms with Crippen molar-refractivity contribution in [2.45, 2.75) is 6.92 Å². The molecule has 11 nitrogen and oxygen atoms in total. The largest absolute Gasteiger partial charge is 0.497 e. The number of hydrazone groups is 1. The smallest absolute Gasteiger partial charge is 0.335 e. The monoisotopic (exact) mass is 513 g/mol. The summed E-state index contributed by atoms with van der Waals surface area (Å²) in [7, 11) is 1.44. The average Bonchev–Trinajstić information content (AvgIpc) is 2.90. The molecule has 0 bridgehead atoms. The van der Waals surface area contributed by atoms with Gasteiger partial charge in [0.25, 0.3) is 17.7 Å². The Bertz CT molecular complexity index is 1450. The lowest BCUT2D eigenvalue weighted by Gasteiger charge is -2.28. The minimum Gasteiger partial charge on any atom is -0.497 e. The van der Waals surface area contributed by atoms with Gasteiger partial charge in [-0.2, -0.15) is 5.10 Å². The van der Waals surface area contributed by atoms with Crippen molar-refractivity contribution in [3.63, 3.8) is 0 Å². The number of nitrogens with zero attached hydrogens (tertiary/aromatic N) is 2. The van der Waals surface area contributed by atoms with E-state index in [-0.39, 0.29) is 17.2 Å². The van der Waals surface area contributed by atoms with Crippen molar-refractivity contribution in [2.24, 2.45) is 11.0 Å². The third kappa shape index (κ3) is 5.73. The predicted octanol–water partition coefficient (Wildman–Crippen LogP) is 2.87. The van der Waals surface area contributed by atoms with Crippen molar-refractivity contribution in [1.29, 1.82) is 0 Å². The number of barbiturate groups is 1. The Labute approximate surface area is 217 Å². The predicted molar refractivity (Wildman–Crippen MR) is 139 cm³/mol. The van der Waals surface area contributed by atoms with Crippen LogP contribution in [0.2, 0.25) is 0 Å². The molecule has 0 spiro atoms. The topological polar surface area (TPSA) is 146 Å². The Balaban J connectivity index is 1.39. The number of benzene rings is 3. The van der Waals surface area contributed by atoms with Gasteiger partial charge < -0.3 is 10.1 Å². The van der Waals surface area contributed by atoms with E-state index in [1.165, 1.54) is 31.4 Å². The van der Waals surface area contributed by atoms with Crippen LogP contribution in [0.5, 0.6) is 5.75 Å². The number of anilines is 2. The molecule has 3 aromatic rings. The highest BCUT2D eigenvalue weighted by Crippen LogP contribution is 2.24. The number of urea groups is 1. The highest BCUT2D eigenvalue weighted by Gasteiger charge is 2.40. The first-order chi connectivity index (χ1) is 18.3. The van der Waals surface area contributed by atoms with Crippen LogP contribution in [0.15, 0.2) is 77.9 Å². The number of methoxy groups -OCH3 is 1. The maximum Gasteiger partial charge on any atom is 0.335 e. The fourth-order valence-electron chi connectivity index (χ4n) is 3.65.